The molecule has 1 N–H and O–H groups in total. The van der Waals surface area contributed by atoms with E-state index < -0.39 is 12.1 Å². The van der Waals surface area contributed by atoms with Crippen molar-refractivity contribution in [3.63, 3.8) is 0 Å². The van der Waals surface area contributed by atoms with Crippen LogP contribution in [0.15, 0.2) is 4.52 Å². The molecule has 1 amide bonds. The van der Waals surface area contributed by atoms with Gasteiger partial charge in [-0.05, 0) is 12.8 Å². The van der Waals surface area contributed by atoms with E-state index in [0.717, 1.165) is 12.8 Å². The molecule has 0 bridgehead atoms. The van der Waals surface area contributed by atoms with Crippen molar-refractivity contribution in [1.82, 2.24) is 15.5 Å². The van der Waals surface area contributed by atoms with Crippen molar-refractivity contribution in [2.45, 2.75) is 31.5 Å². The first-order valence-electron chi connectivity index (χ1n) is 6.81. The molecule has 1 aromatic rings. The van der Waals surface area contributed by atoms with E-state index in [1.807, 2.05) is 0 Å². The molecule has 1 saturated heterocycles. The number of nitrogens with zero attached hydrogens (tertiary/aromatic N) is 2. The van der Waals surface area contributed by atoms with Gasteiger partial charge in [-0.3, -0.25) is 4.79 Å². The zero-order valence-corrected chi connectivity index (χ0v) is 11.7. The molecule has 1 aliphatic rings. The first-order chi connectivity index (χ1) is 10.4. The molecule has 0 spiro atoms. The Bertz CT molecular complexity index is 486. The summed E-state index contributed by atoms with van der Waals surface area (Å²) in [5.74, 6) is -1.88. The number of rotatable bonds is 7. The quantitative estimate of drug-likeness (QED) is 0.804. The number of carbonyl (C=O) groups excluding carboxylic acids is 1. The van der Waals surface area contributed by atoms with Crippen LogP contribution in [0.1, 0.15) is 24.6 Å². The van der Waals surface area contributed by atoms with Crippen LogP contribution in [0.4, 0.5) is 13.2 Å². The highest BCUT2D eigenvalue weighted by molar-refractivity contribution is 5.77. The molecule has 1 fully saturated rings. The number of hydrogen-bond donors (Lipinski definition) is 1. The summed E-state index contributed by atoms with van der Waals surface area (Å²) in [4.78, 5) is 14.6. The van der Waals surface area contributed by atoms with Gasteiger partial charge in [0.05, 0.1) is 12.7 Å². The van der Waals surface area contributed by atoms with E-state index in [-0.39, 0.29) is 37.4 Å². The van der Waals surface area contributed by atoms with Gasteiger partial charge in [0.2, 0.25) is 5.91 Å². The van der Waals surface area contributed by atoms with Gasteiger partial charge in [-0.1, -0.05) is 5.16 Å². The van der Waals surface area contributed by atoms with E-state index in [4.69, 9.17) is 9.47 Å². The minimum Gasteiger partial charge on any atom is -0.376 e. The summed E-state index contributed by atoms with van der Waals surface area (Å²) in [7, 11) is 0. The predicted octanol–water partition coefficient (Wildman–Crippen LogP) is 0.943. The van der Waals surface area contributed by atoms with Crippen LogP contribution >= 0.6 is 0 Å². The topological polar surface area (TPSA) is 86.5 Å². The van der Waals surface area contributed by atoms with Crippen LogP contribution in [0.5, 0.6) is 0 Å². The lowest BCUT2D eigenvalue weighted by Crippen LogP contribution is -2.30. The molecule has 2 heterocycles. The normalized spacial score (nSPS) is 18.6. The lowest BCUT2D eigenvalue weighted by Gasteiger charge is -2.09. The Kier molecular flexibility index (Phi) is 5.72. The highest BCUT2D eigenvalue weighted by atomic mass is 19.4. The molecular formula is C12H16F3N3O4. The van der Waals surface area contributed by atoms with Gasteiger partial charge in [0.25, 0.3) is 0 Å². The van der Waals surface area contributed by atoms with Crippen molar-refractivity contribution in [3.8, 4) is 0 Å². The summed E-state index contributed by atoms with van der Waals surface area (Å²) in [6, 6.07) is 0. The monoisotopic (exact) mass is 323 g/mol. The van der Waals surface area contributed by atoms with Crippen LogP contribution in [0, 0.1) is 0 Å². The molecule has 0 saturated carbocycles. The van der Waals surface area contributed by atoms with E-state index in [0.29, 0.717) is 13.2 Å². The number of aromatic nitrogens is 2. The fourth-order valence-corrected chi connectivity index (χ4v) is 1.89. The van der Waals surface area contributed by atoms with Crippen LogP contribution in [0.2, 0.25) is 0 Å². The molecule has 0 radical (unpaired) electrons. The van der Waals surface area contributed by atoms with E-state index in [9.17, 15) is 18.0 Å². The smallest absolute Gasteiger partial charge is 0.376 e. The molecule has 124 valence electrons. The molecule has 1 atom stereocenters. The van der Waals surface area contributed by atoms with Gasteiger partial charge in [0, 0.05) is 19.6 Å². The Morgan fingerprint density at radius 2 is 2.27 bits per heavy atom. The van der Waals surface area contributed by atoms with Crippen molar-refractivity contribution in [1.29, 1.82) is 0 Å². The Hall–Kier alpha value is -1.68. The van der Waals surface area contributed by atoms with Gasteiger partial charge in [-0.15, -0.1) is 0 Å². The zero-order chi connectivity index (χ0) is 16.0. The minimum atomic E-state index is -4.66. The third-order valence-corrected chi connectivity index (χ3v) is 2.94. The van der Waals surface area contributed by atoms with Crippen LogP contribution < -0.4 is 5.32 Å². The average Bonchev–Trinajstić information content (AvgIpc) is 3.09. The number of nitrogens with one attached hydrogen (secondary N) is 1. The number of hydrogen-bond acceptors (Lipinski definition) is 6. The van der Waals surface area contributed by atoms with Gasteiger partial charge in [-0.2, -0.15) is 18.2 Å². The van der Waals surface area contributed by atoms with E-state index >= 15 is 0 Å². The average molecular weight is 323 g/mol. The Morgan fingerprint density at radius 1 is 1.45 bits per heavy atom. The van der Waals surface area contributed by atoms with Gasteiger partial charge in [0.15, 0.2) is 5.82 Å². The van der Waals surface area contributed by atoms with Gasteiger partial charge in [0.1, 0.15) is 6.61 Å². The second-order valence-corrected chi connectivity index (χ2v) is 4.76. The van der Waals surface area contributed by atoms with Crippen molar-refractivity contribution in [2.24, 2.45) is 0 Å². The molecule has 0 unspecified atom stereocenters. The van der Waals surface area contributed by atoms with Crippen LogP contribution in [0.25, 0.3) is 0 Å². The lowest BCUT2D eigenvalue weighted by molar-refractivity contribution is -0.159. The fraction of sp³-hybridized carbons (Fsp3) is 0.750. The van der Waals surface area contributed by atoms with Crippen LogP contribution in [0.3, 0.4) is 0 Å². The van der Waals surface area contributed by atoms with E-state index in [1.54, 1.807) is 0 Å². The SMILES string of the molecule is O=C(COC[C@H]1CCCO1)NCCc1noc(C(F)(F)F)n1. The molecule has 0 aliphatic carbocycles. The first kappa shape index (κ1) is 16.7. The lowest BCUT2D eigenvalue weighted by atomic mass is 10.2. The molecule has 1 aliphatic heterocycles. The summed E-state index contributed by atoms with van der Waals surface area (Å²) in [6.07, 6.45) is -2.68. The van der Waals surface area contributed by atoms with Gasteiger partial charge >= 0.3 is 12.1 Å². The molecular weight excluding hydrogens is 307 g/mol. The fourth-order valence-electron chi connectivity index (χ4n) is 1.89. The minimum absolute atomic E-state index is 0.0351. The third kappa shape index (κ3) is 5.26. The van der Waals surface area contributed by atoms with Crippen molar-refractivity contribution in [3.05, 3.63) is 11.7 Å². The summed E-state index contributed by atoms with van der Waals surface area (Å²) in [5, 5.41) is 5.69. The Labute approximate surface area is 124 Å². The second-order valence-electron chi connectivity index (χ2n) is 4.76. The summed E-state index contributed by atoms with van der Waals surface area (Å²) >= 11 is 0. The van der Waals surface area contributed by atoms with Crippen molar-refractivity contribution >= 4 is 5.91 Å². The van der Waals surface area contributed by atoms with Gasteiger partial charge < -0.3 is 19.3 Å². The molecule has 0 aromatic carbocycles. The zero-order valence-electron chi connectivity index (χ0n) is 11.7. The van der Waals surface area contributed by atoms with Gasteiger partial charge in [-0.25, -0.2) is 0 Å². The first-order valence-corrected chi connectivity index (χ1v) is 6.81. The van der Waals surface area contributed by atoms with E-state index in [1.165, 1.54) is 0 Å². The summed E-state index contributed by atoms with van der Waals surface area (Å²) in [6.45, 7) is 1.04. The van der Waals surface area contributed by atoms with Crippen molar-refractivity contribution in [2.75, 3.05) is 26.4 Å². The summed E-state index contributed by atoms with van der Waals surface area (Å²) in [5.41, 5.74) is 0. The third-order valence-electron chi connectivity index (χ3n) is 2.94. The molecule has 10 heteroatoms. The van der Waals surface area contributed by atoms with Crippen LogP contribution in [-0.2, 0) is 26.9 Å². The number of amides is 1. The predicted molar refractivity (Wildman–Crippen MR) is 65.8 cm³/mol. The number of alkyl halides is 3. The number of halogens is 3. The number of carbonyl (C=O) groups is 1. The summed E-state index contributed by atoms with van der Waals surface area (Å²) < 4.78 is 51.3. The maximum absolute atomic E-state index is 12.2. The Balaban J connectivity index is 1.59. The highest BCUT2D eigenvalue weighted by Crippen LogP contribution is 2.27. The molecule has 2 rings (SSSR count). The standard InChI is InChI=1S/C12H16F3N3O4/c13-12(14,15)11-17-9(18-22-11)3-4-16-10(19)7-20-6-8-2-1-5-21-8/h8H,1-7H2,(H,16,19)/t8-/m1/s1. The highest BCUT2D eigenvalue weighted by Gasteiger charge is 2.38. The van der Waals surface area contributed by atoms with E-state index in [2.05, 4.69) is 20.0 Å². The molecule has 7 nitrogen and oxygen atoms in total. The van der Waals surface area contributed by atoms with Crippen LogP contribution in [-0.4, -0.2) is 48.5 Å². The number of ether oxygens (including phenoxy) is 2. The van der Waals surface area contributed by atoms with Crippen molar-refractivity contribution < 1.29 is 32.0 Å². The molecule has 22 heavy (non-hydrogen) atoms. The maximum atomic E-state index is 12.2. The maximum Gasteiger partial charge on any atom is 0.471 e. The Morgan fingerprint density at radius 3 is 2.91 bits per heavy atom. The second kappa shape index (κ2) is 7.54. The molecule has 1 aromatic heterocycles. The largest absolute Gasteiger partial charge is 0.471 e.